The molecule has 1 aromatic carbocycles. The van der Waals surface area contributed by atoms with Gasteiger partial charge in [-0.15, -0.1) is 23.7 Å². The van der Waals surface area contributed by atoms with Crippen molar-refractivity contribution in [2.75, 3.05) is 19.6 Å². The predicted molar refractivity (Wildman–Crippen MR) is 92.5 cm³/mol. The average Bonchev–Trinajstić information content (AvgIpc) is 2.95. The maximum absolute atomic E-state index is 12.6. The summed E-state index contributed by atoms with van der Waals surface area (Å²) < 4.78 is 37.8. The van der Waals surface area contributed by atoms with Crippen LogP contribution in [0, 0.1) is 0 Å². The number of nitrogens with zero attached hydrogens (tertiary/aromatic N) is 2. The quantitative estimate of drug-likeness (QED) is 0.874. The predicted octanol–water partition coefficient (Wildman–Crippen LogP) is 4.04. The zero-order valence-electron chi connectivity index (χ0n) is 13.1. The minimum Gasteiger partial charge on any atom is -0.312 e. The highest BCUT2D eigenvalue weighted by Crippen LogP contribution is 2.31. The van der Waals surface area contributed by atoms with Crippen LogP contribution in [0.2, 0.25) is 0 Å². The second-order valence-electron chi connectivity index (χ2n) is 5.81. The van der Waals surface area contributed by atoms with E-state index in [0.29, 0.717) is 6.04 Å². The Kier molecular flexibility index (Phi) is 6.25. The van der Waals surface area contributed by atoms with E-state index in [1.165, 1.54) is 23.5 Å². The molecule has 0 radical (unpaired) electrons. The highest BCUT2D eigenvalue weighted by Gasteiger charge is 2.30. The third-order valence-corrected chi connectivity index (χ3v) is 4.79. The third kappa shape index (κ3) is 4.69. The molecular weight excluding hydrogens is 359 g/mol. The normalized spacial score (nSPS) is 19.1. The van der Waals surface area contributed by atoms with Crippen LogP contribution in [0.1, 0.15) is 18.2 Å². The van der Waals surface area contributed by atoms with E-state index in [1.54, 1.807) is 0 Å². The van der Waals surface area contributed by atoms with Gasteiger partial charge in [-0.05, 0) is 19.1 Å². The van der Waals surface area contributed by atoms with E-state index in [-0.39, 0.29) is 12.4 Å². The van der Waals surface area contributed by atoms with Gasteiger partial charge < -0.3 is 5.32 Å². The highest BCUT2D eigenvalue weighted by molar-refractivity contribution is 7.13. The maximum atomic E-state index is 12.6. The van der Waals surface area contributed by atoms with Gasteiger partial charge in [0, 0.05) is 43.2 Å². The monoisotopic (exact) mass is 377 g/mol. The summed E-state index contributed by atoms with van der Waals surface area (Å²) in [6, 6.07) is 5.65. The topological polar surface area (TPSA) is 28.2 Å². The smallest absolute Gasteiger partial charge is 0.312 e. The molecule has 2 heterocycles. The fourth-order valence-electron chi connectivity index (χ4n) is 2.70. The third-order valence-electron chi connectivity index (χ3n) is 3.85. The molecule has 3 nitrogen and oxygen atoms in total. The molecule has 0 spiro atoms. The first-order valence-electron chi connectivity index (χ1n) is 7.49. The van der Waals surface area contributed by atoms with Crippen LogP contribution in [-0.2, 0) is 12.7 Å². The van der Waals surface area contributed by atoms with E-state index in [2.05, 4.69) is 22.1 Å². The molecule has 3 rings (SSSR count). The Hall–Kier alpha value is -1.15. The first-order chi connectivity index (χ1) is 10.9. The van der Waals surface area contributed by atoms with Gasteiger partial charge in [-0.25, -0.2) is 4.98 Å². The number of benzene rings is 1. The summed E-state index contributed by atoms with van der Waals surface area (Å²) in [6.07, 6.45) is -4.30. The lowest BCUT2D eigenvalue weighted by molar-refractivity contribution is -0.137. The molecule has 0 amide bonds. The first kappa shape index (κ1) is 19.2. The molecular formula is C16H19ClF3N3S. The van der Waals surface area contributed by atoms with E-state index in [4.69, 9.17) is 0 Å². The molecule has 1 saturated heterocycles. The van der Waals surface area contributed by atoms with Crippen LogP contribution in [0.4, 0.5) is 13.2 Å². The fraction of sp³-hybridized carbons (Fsp3) is 0.438. The summed E-state index contributed by atoms with van der Waals surface area (Å²) in [4.78, 5) is 6.91. The van der Waals surface area contributed by atoms with Crippen LogP contribution in [0.25, 0.3) is 10.6 Å². The van der Waals surface area contributed by atoms with Crippen molar-refractivity contribution in [2.24, 2.45) is 0 Å². The summed E-state index contributed by atoms with van der Waals surface area (Å²) in [7, 11) is 0. The highest BCUT2D eigenvalue weighted by atomic mass is 35.5. The fourth-order valence-corrected chi connectivity index (χ4v) is 3.52. The van der Waals surface area contributed by atoms with Gasteiger partial charge in [-0.3, -0.25) is 4.90 Å². The van der Waals surface area contributed by atoms with Crippen molar-refractivity contribution < 1.29 is 13.2 Å². The van der Waals surface area contributed by atoms with Gasteiger partial charge in [-0.2, -0.15) is 13.2 Å². The van der Waals surface area contributed by atoms with Gasteiger partial charge >= 0.3 is 6.18 Å². The number of alkyl halides is 3. The van der Waals surface area contributed by atoms with Gasteiger partial charge in [-0.1, -0.05) is 12.1 Å². The van der Waals surface area contributed by atoms with Gasteiger partial charge in [0.2, 0.25) is 0 Å². The average molecular weight is 378 g/mol. The number of rotatable bonds is 3. The molecule has 1 aliphatic heterocycles. The molecule has 24 heavy (non-hydrogen) atoms. The molecule has 0 aliphatic carbocycles. The van der Waals surface area contributed by atoms with E-state index in [1.807, 2.05) is 5.38 Å². The lowest BCUT2D eigenvalue weighted by atomic mass is 10.1. The molecule has 2 aromatic rings. The zero-order chi connectivity index (χ0) is 16.4. The largest absolute Gasteiger partial charge is 0.416 e. The van der Waals surface area contributed by atoms with Crippen molar-refractivity contribution in [2.45, 2.75) is 25.7 Å². The van der Waals surface area contributed by atoms with E-state index in [0.717, 1.165) is 54.6 Å². The standard InChI is InChI=1S/C16H18F3N3S.ClH/c1-11-8-22(7-6-20-11)9-14-10-23-15(21-14)12-2-4-13(5-3-12)16(17,18)19;/h2-5,10-11,20H,6-9H2,1H3;1H/t11-;/m0./s1. The molecule has 0 unspecified atom stereocenters. The van der Waals surface area contributed by atoms with Crippen molar-refractivity contribution in [1.82, 2.24) is 15.2 Å². The van der Waals surface area contributed by atoms with Crippen LogP contribution in [0.15, 0.2) is 29.6 Å². The van der Waals surface area contributed by atoms with Gasteiger partial charge in [0.05, 0.1) is 11.3 Å². The van der Waals surface area contributed by atoms with Crippen LogP contribution in [-0.4, -0.2) is 35.6 Å². The Morgan fingerprint density at radius 3 is 2.62 bits per heavy atom. The number of aromatic nitrogens is 1. The molecule has 1 N–H and O–H groups in total. The van der Waals surface area contributed by atoms with E-state index in [9.17, 15) is 13.2 Å². The van der Waals surface area contributed by atoms with Crippen LogP contribution >= 0.6 is 23.7 Å². The van der Waals surface area contributed by atoms with E-state index < -0.39 is 11.7 Å². The van der Waals surface area contributed by atoms with Crippen molar-refractivity contribution in [3.8, 4) is 10.6 Å². The maximum Gasteiger partial charge on any atom is 0.416 e. The Morgan fingerprint density at radius 2 is 2.00 bits per heavy atom. The minimum atomic E-state index is -4.30. The summed E-state index contributed by atoms with van der Waals surface area (Å²) in [5, 5.41) is 6.14. The Balaban J connectivity index is 0.00000208. The molecule has 1 atom stereocenters. The minimum absolute atomic E-state index is 0. The molecule has 132 valence electrons. The van der Waals surface area contributed by atoms with Crippen molar-refractivity contribution in [3.05, 3.63) is 40.9 Å². The second kappa shape index (κ2) is 7.82. The van der Waals surface area contributed by atoms with Gasteiger partial charge in [0.1, 0.15) is 5.01 Å². The number of nitrogens with one attached hydrogen (secondary N) is 1. The summed E-state index contributed by atoms with van der Waals surface area (Å²) >= 11 is 1.47. The lowest BCUT2D eigenvalue weighted by Gasteiger charge is -2.31. The van der Waals surface area contributed by atoms with Gasteiger partial charge in [0.25, 0.3) is 0 Å². The van der Waals surface area contributed by atoms with Crippen molar-refractivity contribution >= 4 is 23.7 Å². The number of halogens is 4. The first-order valence-corrected chi connectivity index (χ1v) is 8.37. The molecule has 1 aromatic heterocycles. The molecule has 0 bridgehead atoms. The van der Waals surface area contributed by atoms with E-state index >= 15 is 0 Å². The molecule has 0 saturated carbocycles. The van der Waals surface area contributed by atoms with Crippen molar-refractivity contribution in [3.63, 3.8) is 0 Å². The number of hydrogen-bond donors (Lipinski definition) is 1. The Bertz CT molecular complexity index is 657. The zero-order valence-corrected chi connectivity index (χ0v) is 14.8. The van der Waals surface area contributed by atoms with Crippen molar-refractivity contribution in [1.29, 1.82) is 0 Å². The van der Waals surface area contributed by atoms with Crippen LogP contribution in [0.5, 0.6) is 0 Å². The Morgan fingerprint density at radius 1 is 1.29 bits per heavy atom. The molecule has 1 fully saturated rings. The number of piperazine rings is 1. The molecule has 8 heteroatoms. The number of hydrogen-bond acceptors (Lipinski definition) is 4. The summed E-state index contributed by atoms with van der Waals surface area (Å²) in [6.45, 7) is 5.87. The lowest BCUT2D eigenvalue weighted by Crippen LogP contribution is -2.48. The van der Waals surface area contributed by atoms with Gasteiger partial charge in [0.15, 0.2) is 0 Å². The van der Waals surface area contributed by atoms with Crippen LogP contribution < -0.4 is 5.32 Å². The van der Waals surface area contributed by atoms with Crippen LogP contribution in [0.3, 0.4) is 0 Å². The Labute approximate surface area is 149 Å². The molecule has 1 aliphatic rings. The summed E-state index contributed by atoms with van der Waals surface area (Å²) in [5.41, 5.74) is 1.06. The number of thiazole rings is 1. The summed E-state index contributed by atoms with van der Waals surface area (Å²) in [5.74, 6) is 0. The SMILES string of the molecule is C[C@H]1CN(Cc2csc(-c3ccc(C(F)(F)F)cc3)n2)CCN1.Cl. The second-order valence-corrected chi connectivity index (χ2v) is 6.67.